The Morgan fingerprint density at radius 3 is 2.53 bits per heavy atom. The van der Waals surface area contributed by atoms with Crippen molar-refractivity contribution in [1.29, 1.82) is 0 Å². The Balaban J connectivity index is 1.88. The molecule has 3 heteroatoms. The summed E-state index contributed by atoms with van der Waals surface area (Å²) in [6, 6.07) is 6.52. The predicted octanol–water partition coefficient (Wildman–Crippen LogP) is 2.48. The summed E-state index contributed by atoms with van der Waals surface area (Å²) in [5.41, 5.74) is 0.460. The van der Waals surface area contributed by atoms with Gasteiger partial charge < -0.3 is 4.90 Å². The van der Waals surface area contributed by atoms with E-state index in [9.17, 15) is 9.18 Å². The smallest absolute Gasteiger partial charge is 0.233 e. The monoisotopic (exact) mass is 233 g/mol. The van der Waals surface area contributed by atoms with Crippen molar-refractivity contribution < 1.29 is 9.18 Å². The molecule has 1 aliphatic carbocycles. The van der Waals surface area contributed by atoms with Crippen LogP contribution in [0.4, 0.5) is 4.39 Å². The zero-order valence-corrected chi connectivity index (χ0v) is 9.79. The van der Waals surface area contributed by atoms with Crippen LogP contribution in [0.15, 0.2) is 24.3 Å². The maximum absolute atomic E-state index is 13.2. The van der Waals surface area contributed by atoms with Gasteiger partial charge in [-0.3, -0.25) is 4.79 Å². The Bertz CT molecular complexity index is 447. The highest BCUT2D eigenvalue weighted by atomic mass is 19.1. The van der Waals surface area contributed by atoms with Gasteiger partial charge in [-0.15, -0.1) is 0 Å². The van der Waals surface area contributed by atoms with Crippen LogP contribution in [-0.2, 0) is 10.2 Å². The van der Waals surface area contributed by atoms with E-state index in [0.29, 0.717) is 0 Å². The summed E-state index contributed by atoms with van der Waals surface area (Å²) in [5.74, 6) is -0.0383. The minimum atomic E-state index is -0.396. The van der Waals surface area contributed by atoms with E-state index in [1.165, 1.54) is 12.1 Å². The first-order chi connectivity index (χ1) is 8.22. The van der Waals surface area contributed by atoms with Gasteiger partial charge in [0.1, 0.15) is 5.82 Å². The Hall–Kier alpha value is -1.38. The summed E-state index contributed by atoms with van der Waals surface area (Å²) in [6.45, 7) is 1.74. The molecule has 2 nitrogen and oxygen atoms in total. The van der Waals surface area contributed by atoms with Gasteiger partial charge in [0, 0.05) is 13.1 Å². The molecule has 2 fully saturated rings. The maximum atomic E-state index is 13.2. The van der Waals surface area contributed by atoms with Crippen molar-refractivity contribution in [3.63, 3.8) is 0 Å². The first-order valence-corrected chi connectivity index (χ1v) is 6.28. The second-order valence-electron chi connectivity index (χ2n) is 5.09. The zero-order valence-electron chi connectivity index (χ0n) is 9.79. The SMILES string of the molecule is O=C(N1CCCC1)C1(c2cccc(F)c2)CC1. The van der Waals surface area contributed by atoms with Crippen LogP contribution in [0.25, 0.3) is 0 Å². The van der Waals surface area contributed by atoms with E-state index < -0.39 is 5.41 Å². The number of amides is 1. The summed E-state index contributed by atoms with van der Waals surface area (Å²) < 4.78 is 13.2. The number of benzene rings is 1. The largest absolute Gasteiger partial charge is 0.342 e. The molecule has 1 saturated carbocycles. The third-order valence-electron chi connectivity index (χ3n) is 3.93. The summed E-state index contributed by atoms with van der Waals surface area (Å²) in [4.78, 5) is 14.4. The normalized spacial score (nSPS) is 21.6. The molecule has 0 spiro atoms. The molecule has 1 aliphatic heterocycles. The minimum absolute atomic E-state index is 0.209. The molecule has 0 radical (unpaired) electrons. The zero-order chi connectivity index (χ0) is 11.9. The van der Waals surface area contributed by atoms with E-state index in [4.69, 9.17) is 0 Å². The number of hydrogen-bond donors (Lipinski definition) is 0. The number of halogens is 1. The van der Waals surface area contributed by atoms with Crippen molar-refractivity contribution in [2.24, 2.45) is 0 Å². The Morgan fingerprint density at radius 2 is 1.94 bits per heavy atom. The molecule has 1 aromatic carbocycles. The van der Waals surface area contributed by atoms with Gasteiger partial charge in [-0.25, -0.2) is 4.39 Å². The third-order valence-corrected chi connectivity index (χ3v) is 3.93. The molecule has 0 unspecified atom stereocenters. The van der Waals surface area contributed by atoms with E-state index in [2.05, 4.69) is 0 Å². The maximum Gasteiger partial charge on any atom is 0.233 e. The Morgan fingerprint density at radius 1 is 1.24 bits per heavy atom. The average molecular weight is 233 g/mol. The van der Waals surface area contributed by atoms with Crippen LogP contribution in [0, 0.1) is 5.82 Å². The number of hydrogen-bond acceptors (Lipinski definition) is 1. The summed E-state index contributed by atoms with van der Waals surface area (Å²) in [5, 5.41) is 0. The average Bonchev–Trinajstić information content (AvgIpc) is 2.96. The van der Waals surface area contributed by atoms with E-state index in [1.807, 2.05) is 11.0 Å². The second-order valence-corrected chi connectivity index (χ2v) is 5.09. The van der Waals surface area contributed by atoms with Crippen LogP contribution in [-0.4, -0.2) is 23.9 Å². The van der Waals surface area contributed by atoms with Crippen molar-refractivity contribution in [1.82, 2.24) is 4.90 Å². The van der Waals surface area contributed by atoms with Gasteiger partial charge in [0.2, 0.25) is 5.91 Å². The molecule has 2 aliphatic rings. The fourth-order valence-corrected chi connectivity index (χ4v) is 2.76. The number of nitrogens with zero attached hydrogens (tertiary/aromatic N) is 1. The van der Waals surface area contributed by atoms with Gasteiger partial charge in [-0.2, -0.15) is 0 Å². The predicted molar refractivity (Wildman–Crippen MR) is 63.1 cm³/mol. The number of rotatable bonds is 2. The van der Waals surface area contributed by atoms with Crippen molar-refractivity contribution in [2.75, 3.05) is 13.1 Å². The topological polar surface area (TPSA) is 20.3 Å². The van der Waals surface area contributed by atoms with Gasteiger partial charge in [0.15, 0.2) is 0 Å². The summed E-state index contributed by atoms with van der Waals surface area (Å²) in [6.07, 6.45) is 3.94. The Kier molecular flexibility index (Phi) is 2.42. The van der Waals surface area contributed by atoms with Crippen LogP contribution in [0.1, 0.15) is 31.2 Å². The lowest BCUT2D eigenvalue weighted by Crippen LogP contribution is -2.37. The van der Waals surface area contributed by atoms with Crippen LogP contribution in [0.3, 0.4) is 0 Å². The third kappa shape index (κ3) is 1.74. The lowest BCUT2D eigenvalue weighted by Gasteiger charge is -2.23. The summed E-state index contributed by atoms with van der Waals surface area (Å²) in [7, 11) is 0. The molecule has 1 saturated heterocycles. The molecule has 0 atom stereocenters. The van der Waals surface area contributed by atoms with Gasteiger partial charge in [0.05, 0.1) is 5.41 Å². The fourth-order valence-electron chi connectivity index (χ4n) is 2.76. The molecular weight excluding hydrogens is 217 g/mol. The Labute approximate surface area is 100 Å². The highest BCUT2D eigenvalue weighted by Gasteiger charge is 2.53. The van der Waals surface area contributed by atoms with E-state index in [1.54, 1.807) is 6.07 Å². The lowest BCUT2D eigenvalue weighted by atomic mass is 9.94. The van der Waals surface area contributed by atoms with Crippen LogP contribution >= 0.6 is 0 Å². The number of carbonyl (C=O) groups is 1. The molecule has 0 bridgehead atoms. The quantitative estimate of drug-likeness (QED) is 0.768. The molecule has 1 aromatic rings. The van der Waals surface area contributed by atoms with Crippen molar-refractivity contribution in [2.45, 2.75) is 31.1 Å². The first-order valence-electron chi connectivity index (χ1n) is 6.28. The molecule has 0 aromatic heterocycles. The van der Waals surface area contributed by atoms with Gasteiger partial charge in [0.25, 0.3) is 0 Å². The van der Waals surface area contributed by atoms with Gasteiger partial charge in [-0.05, 0) is 43.4 Å². The van der Waals surface area contributed by atoms with Crippen LogP contribution in [0.5, 0.6) is 0 Å². The summed E-state index contributed by atoms with van der Waals surface area (Å²) >= 11 is 0. The number of carbonyl (C=O) groups excluding carboxylic acids is 1. The van der Waals surface area contributed by atoms with Crippen molar-refractivity contribution in [3.8, 4) is 0 Å². The molecule has 1 heterocycles. The standard InChI is InChI=1S/C14H16FNO/c15-12-5-3-4-11(10-12)14(6-7-14)13(17)16-8-1-2-9-16/h3-5,10H,1-2,6-9H2. The number of likely N-dealkylation sites (tertiary alicyclic amines) is 1. The van der Waals surface area contributed by atoms with Gasteiger partial charge in [-0.1, -0.05) is 12.1 Å². The molecule has 17 heavy (non-hydrogen) atoms. The fraction of sp³-hybridized carbons (Fsp3) is 0.500. The van der Waals surface area contributed by atoms with Crippen LogP contribution in [0.2, 0.25) is 0 Å². The van der Waals surface area contributed by atoms with E-state index >= 15 is 0 Å². The molecule has 90 valence electrons. The molecular formula is C14H16FNO. The van der Waals surface area contributed by atoms with Crippen molar-refractivity contribution >= 4 is 5.91 Å². The molecule has 3 rings (SSSR count). The van der Waals surface area contributed by atoms with E-state index in [-0.39, 0.29) is 11.7 Å². The van der Waals surface area contributed by atoms with Crippen molar-refractivity contribution in [3.05, 3.63) is 35.6 Å². The highest BCUT2D eigenvalue weighted by Crippen LogP contribution is 2.50. The van der Waals surface area contributed by atoms with Crippen LogP contribution < -0.4 is 0 Å². The highest BCUT2D eigenvalue weighted by molar-refractivity contribution is 5.91. The minimum Gasteiger partial charge on any atom is -0.342 e. The molecule has 0 N–H and O–H groups in total. The molecule has 1 amide bonds. The second kappa shape index (κ2) is 3.83. The lowest BCUT2D eigenvalue weighted by molar-refractivity contribution is -0.132. The van der Waals surface area contributed by atoms with Gasteiger partial charge >= 0.3 is 0 Å². The van der Waals surface area contributed by atoms with E-state index in [0.717, 1.165) is 44.3 Å². The first kappa shape index (κ1) is 10.8.